The molecular weight excluding hydrogens is 454 g/mol. The first-order chi connectivity index (χ1) is 16.6. The number of morpholine rings is 1. The lowest BCUT2D eigenvalue weighted by Crippen LogP contribution is -2.43. The van der Waals surface area contributed by atoms with Crippen LogP contribution in [0.3, 0.4) is 0 Å². The zero-order chi connectivity index (χ0) is 23.9. The van der Waals surface area contributed by atoms with E-state index in [1.807, 2.05) is 42.5 Å². The summed E-state index contributed by atoms with van der Waals surface area (Å²) in [5.74, 6) is 1.84. The molecule has 2 heterocycles. The molecule has 0 radical (unpaired) electrons. The van der Waals surface area contributed by atoms with Crippen LogP contribution < -0.4 is 19.5 Å². The number of para-hydroxylation sites is 1. The maximum Gasteiger partial charge on any atom is 0.270 e. The predicted octanol–water partition coefficient (Wildman–Crippen LogP) is 3.64. The monoisotopic (exact) mass is 483 g/mol. The molecule has 1 saturated heterocycles. The summed E-state index contributed by atoms with van der Waals surface area (Å²) < 4.78 is 21.8. The van der Waals surface area contributed by atoms with Gasteiger partial charge in [-0.1, -0.05) is 18.2 Å². The third-order valence-corrected chi connectivity index (χ3v) is 6.68. The minimum atomic E-state index is -0.212. The van der Waals surface area contributed by atoms with Crippen LogP contribution in [0.2, 0.25) is 0 Å². The average molecular weight is 484 g/mol. The topological polar surface area (TPSA) is 82.2 Å². The Bertz CT molecular complexity index is 1110. The van der Waals surface area contributed by atoms with E-state index in [0.717, 1.165) is 35.0 Å². The van der Waals surface area contributed by atoms with Crippen LogP contribution in [0.25, 0.3) is 10.6 Å². The molecule has 1 aromatic heterocycles. The molecule has 1 N–H and O–H groups in total. The molecule has 1 amide bonds. The molecule has 0 saturated carbocycles. The molecule has 34 heavy (non-hydrogen) atoms. The highest BCUT2D eigenvalue weighted by Gasteiger charge is 2.25. The number of aromatic nitrogens is 1. The van der Waals surface area contributed by atoms with Gasteiger partial charge in [-0.25, -0.2) is 4.98 Å². The van der Waals surface area contributed by atoms with Gasteiger partial charge >= 0.3 is 0 Å². The second-order valence-corrected chi connectivity index (χ2v) is 8.58. The van der Waals surface area contributed by atoms with E-state index in [1.54, 1.807) is 26.7 Å². The van der Waals surface area contributed by atoms with Gasteiger partial charge in [-0.15, -0.1) is 11.3 Å². The molecule has 3 aromatic rings. The summed E-state index contributed by atoms with van der Waals surface area (Å²) in [6.07, 6.45) is 0. The lowest BCUT2D eigenvalue weighted by atomic mass is 10.0. The van der Waals surface area contributed by atoms with Crippen LogP contribution in [0.15, 0.2) is 47.8 Å². The highest BCUT2D eigenvalue weighted by Crippen LogP contribution is 2.33. The number of carbonyl (C=O) groups is 1. The van der Waals surface area contributed by atoms with Crippen molar-refractivity contribution < 1.29 is 23.7 Å². The Labute approximate surface area is 203 Å². The Balaban J connectivity index is 1.51. The largest absolute Gasteiger partial charge is 0.496 e. The van der Waals surface area contributed by atoms with Crippen molar-refractivity contribution in [3.05, 3.63) is 59.1 Å². The van der Waals surface area contributed by atoms with Crippen LogP contribution in [0.4, 0.5) is 0 Å². The number of methoxy groups -OCH3 is 3. The molecule has 0 bridgehead atoms. The number of carbonyl (C=O) groups excluding carboxylic acids is 1. The fourth-order valence-electron chi connectivity index (χ4n) is 4.01. The number of nitrogens with one attached hydrogen (secondary N) is 1. The van der Waals surface area contributed by atoms with Crippen LogP contribution >= 0.6 is 11.3 Å². The third-order valence-electron chi connectivity index (χ3n) is 5.81. The van der Waals surface area contributed by atoms with Crippen molar-refractivity contribution in [1.82, 2.24) is 15.2 Å². The minimum Gasteiger partial charge on any atom is -0.496 e. The Morgan fingerprint density at radius 3 is 2.53 bits per heavy atom. The molecule has 0 aliphatic carbocycles. The number of ether oxygens (including phenoxy) is 4. The lowest BCUT2D eigenvalue weighted by Gasteiger charge is -2.35. The van der Waals surface area contributed by atoms with Crippen molar-refractivity contribution in [2.45, 2.75) is 6.04 Å². The number of nitrogens with zero attached hydrogens (tertiary/aromatic N) is 2. The first-order valence-electron chi connectivity index (χ1n) is 11.1. The van der Waals surface area contributed by atoms with E-state index in [0.29, 0.717) is 37.0 Å². The first kappa shape index (κ1) is 24.0. The molecular formula is C25H29N3O5S. The molecule has 4 rings (SSSR count). The van der Waals surface area contributed by atoms with Gasteiger partial charge in [0, 0.05) is 25.0 Å². The van der Waals surface area contributed by atoms with E-state index < -0.39 is 0 Å². The summed E-state index contributed by atoms with van der Waals surface area (Å²) >= 11 is 1.42. The van der Waals surface area contributed by atoms with Gasteiger partial charge in [0.15, 0.2) is 11.5 Å². The molecule has 180 valence electrons. The standard InChI is InChI=1S/C25H29N3O5S/c1-30-21-7-5-4-6-18(21)25-27-19(16-34-25)24(29)26-15-20(28-10-12-33-13-11-28)17-8-9-22(31-2)23(14-17)32-3/h4-9,14,16,20H,10-13,15H2,1-3H3,(H,26,29). The SMILES string of the molecule is COc1ccc(C(CNC(=O)c2csc(-c3ccccc3OC)n2)N2CCOCC2)cc1OC. The van der Waals surface area contributed by atoms with Crippen molar-refractivity contribution in [2.75, 3.05) is 54.2 Å². The highest BCUT2D eigenvalue weighted by atomic mass is 32.1. The smallest absolute Gasteiger partial charge is 0.270 e. The van der Waals surface area contributed by atoms with E-state index in [2.05, 4.69) is 15.2 Å². The average Bonchev–Trinajstić information content (AvgIpc) is 3.39. The molecule has 1 atom stereocenters. The summed E-state index contributed by atoms with van der Waals surface area (Å²) in [6, 6.07) is 13.5. The maximum atomic E-state index is 13.0. The number of thiazole rings is 1. The Hall–Kier alpha value is -3.14. The molecule has 0 spiro atoms. The molecule has 2 aromatic carbocycles. The van der Waals surface area contributed by atoms with Gasteiger partial charge in [-0.3, -0.25) is 9.69 Å². The summed E-state index contributed by atoms with van der Waals surface area (Å²) in [6.45, 7) is 3.31. The number of hydrogen-bond acceptors (Lipinski definition) is 8. The predicted molar refractivity (Wildman–Crippen MR) is 131 cm³/mol. The number of hydrogen-bond donors (Lipinski definition) is 1. The normalized spacial score (nSPS) is 14.9. The van der Waals surface area contributed by atoms with Crippen molar-refractivity contribution >= 4 is 17.2 Å². The Kier molecular flexibility index (Phi) is 7.99. The van der Waals surface area contributed by atoms with Crippen molar-refractivity contribution in [3.63, 3.8) is 0 Å². The van der Waals surface area contributed by atoms with Gasteiger partial charge in [0.1, 0.15) is 16.5 Å². The van der Waals surface area contributed by atoms with Crippen LogP contribution in [0, 0.1) is 0 Å². The van der Waals surface area contributed by atoms with Gasteiger partial charge in [-0.05, 0) is 29.8 Å². The van der Waals surface area contributed by atoms with E-state index in [1.165, 1.54) is 11.3 Å². The van der Waals surface area contributed by atoms with Gasteiger partial charge in [0.05, 0.1) is 46.1 Å². The third kappa shape index (κ3) is 5.32. The summed E-state index contributed by atoms with van der Waals surface area (Å²) in [5, 5.41) is 5.59. The zero-order valence-corrected chi connectivity index (χ0v) is 20.4. The first-order valence-corrected chi connectivity index (χ1v) is 11.9. The van der Waals surface area contributed by atoms with Crippen LogP contribution in [0.5, 0.6) is 17.2 Å². The van der Waals surface area contributed by atoms with E-state index in [-0.39, 0.29) is 11.9 Å². The maximum absolute atomic E-state index is 13.0. The number of amides is 1. The quantitative estimate of drug-likeness (QED) is 0.498. The molecule has 1 aliphatic rings. The lowest BCUT2D eigenvalue weighted by molar-refractivity contribution is 0.0161. The second kappa shape index (κ2) is 11.3. The van der Waals surface area contributed by atoms with E-state index in [4.69, 9.17) is 18.9 Å². The van der Waals surface area contributed by atoms with E-state index in [9.17, 15) is 4.79 Å². The molecule has 1 aliphatic heterocycles. The summed E-state index contributed by atoms with van der Waals surface area (Å²) in [4.78, 5) is 19.9. The Morgan fingerprint density at radius 2 is 1.79 bits per heavy atom. The summed E-state index contributed by atoms with van der Waals surface area (Å²) in [5.41, 5.74) is 2.29. The summed E-state index contributed by atoms with van der Waals surface area (Å²) in [7, 11) is 4.86. The van der Waals surface area contributed by atoms with Crippen molar-refractivity contribution in [1.29, 1.82) is 0 Å². The Morgan fingerprint density at radius 1 is 1.06 bits per heavy atom. The molecule has 1 unspecified atom stereocenters. The van der Waals surface area contributed by atoms with Crippen molar-refractivity contribution in [2.24, 2.45) is 0 Å². The molecule has 8 nitrogen and oxygen atoms in total. The fraction of sp³-hybridized carbons (Fsp3) is 0.360. The second-order valence-electron chi connectivity index (χ2n) is 7.73. The van der Waals surface area contributed by atoms with Gasteiger partial charge in [-0.2, -0.15) is 0 Å². The van der Waals surface area contributed by atoms with Gasteiger partial charge in [0.2, 0.25) is 0 Å². The van der Waals surface area contributed by atoms with Gasteiger partial charge in [0.25, 0.3) is 5.91 Å². The number of rotatable bonds is 9. The van der Waals surface area contributed by atoms with E-state index >= 15 is 0 Å². The van der Waals surface area contributed by atoms with Crippen LogP contribution in [-0.4, -0.2) is 70.0 Å². The number of benzene rings is 2. The minimum absolute atomic E-state index is 0.0417. The zero-order valence-electron chi connectivity index (χ0n) is 19.6. The van der Waals surface area contributed by atoms with Crippen molar-refractivity contribution in [3.8, 4) is 27.8 Å². The van der Waals surface area contributed by atoms with Crippen LogP contribution in [-0.2, 0) is 4.74 Å². The molecule has 9 heteroatoms. The van der Waals surface area contributed by atoms with Gasteiger partial charge < -0.3 is 24.3 Å². The fourth-order valence-corrected chi connectivity index (χ4v) is 4.84. The van der Waals surface area contributed by atoms with Crippen LogP contribution in [0.1, 0.15) is 22.1 Å². The highest BCUT2D eigenvalue weighted by molar-refractivity contribution is 7.13. The molecule has 1 fully saturated rings.